The molecular weight excluding hydrogens is 596 g/mol. The number of amides is 1. The largest absolute Gasteiger partial charge is 0.497 e. The molecule has 3 aromatic rings. The van der Waals surface area contributed by atoms with Crippen molar-refractivity contribution in [2.24, 2.45) is 0 Å². The number of benzene rings is 1. The number of ether oxygens (including phenoxy) is 3. The zero-order chi connectivity index (χ0) is 29.7. The van der Waals surface area contributed by atoms with Crippen molar-refractivity contribution in [2.75, 3.05) is 46.3 Å². The molecule has 2 atom stereocenters. The molecule has 0 bridgehead atoms. The van der Waals surface area contributed by atoms with Gasteiger partial charge in [0.1, 0.15) is 27.4 Å². The number of carboxylic acid groups (broad SMARTS) is 1. The maximum absolute atomic E-state index is 12.3. The van der Waals surface area contributed by atoms with Gasteiger partial charge in [0.05, 0.1) is 27.9 Å². The number of carbonyl (C=O) groups is 2. The van der Waals surface area contributed by atoms with E-state index in [1.54, 1.807) is 20.4 Å². The van der Waals surface area contributed by atoms with E-state index >= 15 is 0 Å². The van der Waals surface area contributed by atoms with Crippen molar-refractivity contribution in [3.05, 3.63) is 46.6 Å². The second-order valence-electron chi connectivity index (χ2n) is 10.2. The van der Waals surface area contributed by atoms with Gasteiger partial charge in [0.2, 0.25) is 0 Å². The maximum Gasteiger partial charge on any atom is 0.407 e. The van der Waals surface area contributed by atoms with E-state index in [-0.39, 0.29) is 30.5 Å². The number of likely N-dealkylation sites (tertiary alicyclic amines) is 1. The summed E-state index contributed by atoms with van der Waals surface area (Å²) in [5.41, 5.74) is 1.70. The van der Waals surface area contributed by atoms with Gasteiger partial charge >= 0.3 is 12.1 Å². The third-order valence-corrected chi connectivity index (χ3v) is 8.09. The summed E-state index contributed by atoms with van der Waals surface area (Å²) in [7, 11) is 4.58. The molecule has 1 fully saturated rings. The highest BCUT2D eigenvalue weighted by atomic mass is 79.9. The van der Waals surface area contributed by atoms with Crippen molar-refractivity contribution in [3.63, 3.8) is 0 Å². The summed E-state index contributed by atoms with van der Waals surface area (Å²) in [4.78, 5) is 37.1. The highest BCUT2D eigenvalue weighted by Gasteiger charge is 2.36. The number of fused-ring (bicyclic) bond motifs is 1. The van der Waals surface area contributed by atoms with Crippen molar-refractivity contribution in [1.82, 2.24) is 24.2 Å². The summed E-state index contributed by atoms with van der Waals surface area (Å²) in [6.07, 6.45) is 3.94. The van der Waals surface area contributed by atoms with Crippen LogP contribution >= 0.6 is 15.9 Å². The number of nitrogens with one attached hydrogen (secondary N) is 1. The van der Waals surface area contributed by atoms with Crippen molar-refractivity contribution in [1.29, 1.82) is 0 Å². The quantitative estimate of drug-likeness (QED) is 0.296. The number of piperidine rings is 1. The maximum atomic E-state index is 12.3. The molecule has 1 saturated heterocycles. The Morgan fingerprint density at radius 2 is 2.00 bits per heavy atom. The van der Waals surface area contributed by atoms with Crippen LogP contribution in [0.15, 0.2) is 35.2 Å². The van der Waals surface area contributed by atoms with Crippen molar-refractivity contribution in [2.45, 2.75) is 51.2 Å². The topological polar surface area (TPSA) is 131 Å². The number of anilines is 1. The zero-order valence-electron chi connectivity index (χ0n) is 24.0. The Balaban J connectivity index is 1.54. The second kappa shape index (κ2) is 13.4. The first kappa shape index (κ1) is 30.4. The number of imidazole rings is 1. The molecule has 2 aromatic heterocycles. The first-order chi connectivity index (χ1) is 19.7. The van der Waals surface area contributed by atoms with Gasteiger partial charge < -0.3 is 29.5 Å². The zero-order valence-corrected chi connectivity index (χ0v) is 25.5. The minimum absolute atomic E-state index is 0.0611. The second-order valence-corrected chi connectivity index (χ2v) is 11.0. The van der Waals surface area contributed by atoms with E-state index < -0.39 is 6.09 Å². The first-order valence-electron chi connectivity index (χ1n) is 13.4. The number of nitrogens with zero attached hydrogens (tertiary/aromatic N) is 5. The van der Waals surface area contributed by atoms with E-state index in [0.717, 1.165) is 23.3 Å². The Hall–Kier alpha value is -3.58. The Morgan fingerprint density at radius 3 is 2.66 bits per heavy atom. The van der Waals surface area contributed by atoms with Crippen molar-refractivity contribution >= 4 is 39.3 Å². The van der Waals surface area contributed by atoms with Gasteiger partial charge in [-0.3, -0.25) is 14.1 Å². The average Bonchev–Trinajstić information content (AvgIpc) is 3.32. The monoisotopic (exact) mass is 632 g/mol. The van der Waals surface area contributed by atoms with Crippen LogP contribution in [0, 0.1) is 0 Å². The summed E-state index contributed by atoms with van der Waals surface area (Å²) in [6, 6.07) is 5.46. The van der Waals surface area contributed by atoms with E-state index in [4.69, 9.17) is 19.2 Å². The lowest BCUT2D eigenvalue weighted by atomic mass is 9.91. The number of rotatable bonds is 11. The molecule has 2 unspecified atom stereocenters. The molecule has 13 heteroatoms. The van der Waals surface area contributed by atoms with Crippen LogP contribution in [-0.2, 0) is 16.1 Å². The van der Waals surface area contributed by atoms with E-state index in [9.17, 15) is 14.7 Å². The summed E-state index contributed by atoms with van der Waals surface area (Å²) in [5, 5.41) is 13.5. The van der Waals surface area contributed by atoms with Gasteiger partial charge in [-0.2, -0.15) is 0 Å². The van der Waals surface area contributed by atoms with Crippen LogP contribution in [0.5, 0.6) is 11.5 Å². The third kappa shape index (κ3) is 6.84. The van der Waals surface area contributed by atoms with Gasteiger partial charge in [-0.15, -0.1) is 0 Å². The SMILES string of the molecule is COC(=O)CN(CC1CCC(c2nc(Br)c3c(NCc4ccc(OC)cc4OC)nccn23)CN1C(=O)O)C(C)C. The van der Waals surface area contributed by atoms with Crippen LogP contribution < -0.4 is 14.8 Å². The lowest BCUT2D eigenvalue weighted by Gasteiger charge is -2.40. The first-order valence-corrected chi connectivity index (χ1v) is 14.2. The van der Waals surface area contributed by atoms with Crippen molar-refractivity contribution < 1.29 is 28.9 Å². The molecule has 222 valence electrons. The standard InChI is InChI=1S/C28H37BrN6O6/c1-17(2)33(16-23(36)41-5)15-20-8-6-19(14-35(20)28(37)38)27-32-25(29)24-26(30-10-11-34(24)27)31-13-18-7-9-21(39-3)12-22(18)40-4/h7,9-12,17,19-20H,6,8,13-16H2,1-5H3,(H,30,31)(H,37,38). The molecule has 2 N–H and O–H groups in total. The predicted octanol–water partition coefficient (Wildman–Crippen LogP) is 4.23. The van der Waals surface area contributed by atoms with E-state index in [1.165, 1.54) is 12.0 Å². The Bertz CT molecular complexity index is 1380. The number of halogens is 1. The molecule has 0 spiro atoms. The number of carbonyl (C=O) groups excluding carboxylic acids is 1. The normalized spacial score (nSPS) is 17.2. The summed E-state index contributed by atoms with van der Waals surface area (Å²) >= 11 is 3.61. The molecule has 3 heterocycles. The summed E-state index contributed by atoms with van der Waals surface area (Å²) < 4.78 is 18.2. The molecular formula is C28H37BrN6O6. The van der Waals surface area contributed by atoms with E-state index in [2.05, 4.69) is 26.2 Å². The van der Waals surface area contributed by atoms with Gasteiger partial charge in [0.25, 0.3) is 0 Å². The van der Waals surface area contributed by atoms with E-state index in [1.807, 2.05) is 47.5 Å². The predicted molar refractivity (Wildman–Crippen MR) is 157 cm³/mol. The molecule has 0 saturated carbocycles. The molecule has 1 aliphatic rings. The number of hydrogen-bond donors (Lipinski definition) is 2. The fraction of sp³-hybridized carbons (Fsp3) is 0.500. The van der Waals surface area contributed by atoms with Gasteiger partial charge in [0.15, 0.2) is 5.82 Å². The smallest absolute Gasteiger partial charge is 0.407 e. The molecule has 1 amide bonds. The van der Waals surface area contributed by atoms with Crippen molar-refractivity contribution in [3.8, 4) is 11.5 Å². The number of hydrogen-bond acceptors (Lipinski definition) is 9. The molecule has 0 aliphatic carbocycles. The van der Waals surface area contributed by atoms with Crippen LogP contribution in [0.2, 0.25) is 0 Å². The summed E-state index contributed by atoms with van der Waals surface area (Å²) in [5.74, 6) is 2.34. The highest BCUT2D eigenvalue weighted by molar-refractivity contribution is 9.10. The summed E-state index contributed by atoms with van der Waals surface area (Å²) in [6.45, 7) is 5.29. The molecule has 0 radical (unpaired) electrons. The van der Waals surface area contributed by atoms with Gasteiger partial charge in [-0.05, 0) is 54.8 Å². The molecule has 12 nitrogen and oxygen atoms in total. The molecule has 1 aromatic carbocycles. The Morgan fingerprint density at radius 1 is 1.22 bits per heavy atom. The molecule has 41 heavy (non-hydrogen) atoms. The fourth-order valence-corrected chi connectivity index (χ4v) is 5.80. The molecule has 1 aliphatic heterocycles. The fourth-order valence-electron chi connectivity index (χ4n) is 5.23. The number of methoxy groups -OCH3 is 3. The minimum atomic E-state index is -0.987. The van der Waals surface area contributed by atoms with Crippen LogP contribution in [0.4, 0.5) is 10.6 Å². The van der Waals surface area contributed by atoms with Gasteiger partial charge in [-0.1, -0.05) is 0 Å². The lowest BCUT2D eigenvalue weighted by molar-refractivity contribution is -0.142. The lowest BCUT2D eigenvalue weighted by Crippen LogP contribution is -2.52. The third-order valence-electron chi connectivity index (χ3n) is 7.53. The van der Waals surface area contributed by atoms with E-state index in [0.29, 0.717) is 48.0 Å². The Kier molecular flexibility index (Phi) is 9.92. The number of aromatic nitrogens is 3. The average molecular weight is 634 g/mol. The highest BCUT2D eigenvalue weighted by Crippen LogP contribution is 2.35. The van der Waals surface area contributed by atoms with Crippen LogP contribution in [0.1, 0.15) is 44.0 Å². The van der Waals surface area contributed by atoms with Crippen LogP contribution in [0.25, 0.3) is 5.52 Å². The van der Waals surface area contributed by atoms with Gasteiger partial charge in [0, 0.05) is 61.7 Å². The number of esters is 1. The Labute approximate surface area is 247 Å². The van der Waals surface area contributed by atoms with Gasteiger partial charge in [-0.25, -0.2) is 14.8 Å². The molecule has 4 rings (SSSR count). The van der Waals surface area contributed by atoms with Crippen LogP contribution in [-0.4, -0.2) is 94.4 Å². The van der Waals surface area contributed by atoms with Crippen LogP contribution in [0.3, 0.4) is 0 Å². The minimum Gasteiger partial charge on any atom is -0.497 e.